The predicted octanol–water partition coefficient (Wildman–Crippen LogP) is 20.3. The molecule has 2 spiro atoms. The van der Waals surface area contributed by atoms with Gasteiger partial charge in [0.15, 0.2) is 0 Å². The van der Waals surface area contributed by atoms with Crippen LogP contribution in [0.2, 0.25) is 0 Å². The standard InChI is InChI=1S/C80H50N2/c1-2-22-51(23-3-1)56-26-4-5-27-57(56)64-32-10-17-41-75(64)81(55-45-47-63-61-31-8-14-37-69(61)79(74(63)50-55)67-35-12-6-28-58(67)59-29-7-13-36-68(59)79)54-25-20-24-52(48-54)53-44-46-62-60-30-9-15-38-70(60)80(73(62)49-53)71-39-16-19-43-77(71)82-76-42-18-11-33-65(76)66-34-21-40-72(80)78(66)82/h1-50H. The number of hydrogen-bond donors (Lipinski definition) is 0. The molecule has 2 nitrogen and oxygen atoms in total. The van der Waals surface area contributed by atoms with Gasteiger partial charge in [0, 0.05) is 27.7 Å². The first-order chi connectivity index (χ1) is 40.7. The van der Waals surface area contributed by atoms with Crippen LogP contribution in [0.3, 0.4) is 0 Å². The van der Waals surface area contributed by atoms with E-state index in [1.807, 2.05) is 0 Å². The zero-order valence-electron chi connectivity index (χ0n) is 44.8. The van der Waals surface area contributed by atoms with Crippen LogP contribution in [0.15, 0.2) is 303 Å². The summed E-state index contributed by atoms with van der Waals surface area (Å²) >= 11 is 0. The fourth-order valence-corrected chi connectivity index (χ4v) is 15.7. The molecule has 380 valence electrons. The highest BCUT2D eigenvalue weighted by atomic mass is 15.1. The fraction of sp³-hybridized carbons (Fsp3) is 0.0250. The molecule has 1 aliphatic heterocycles. The van der Waals surface area contributed by atoms with E-state index >= 15 is 0 Å². The van der Waals surface area contributed by atoms with Crippen molar-refractivity contribution in [3.63, 3.8) is 0 Å². The molecular weight excluding hydrogens is 989 g/mol. The number of hydrogen-bond acceptors (Lipinski definition) is 1. The zero-order chi connectivity index (χ0) is 53.7. The average molecular weight is 1040 g/mol. The molecule has 4 aliphatic rings. The number of anilines is 3. The normalized spacial score (nSPS) is 15.0. The first-order valence-corrected chi connectivity index (χ1v) is 28.7. The van der Waals surface area contributed by atoms with Crippen molar-refractivity contribution in [2.45, 2.75) is 10.8 Å². The lowest BCUT2D eigenvalue weighted by Crippen LogP contribution is -2.33. The molecule has 2 heteroatoms. The minimum absolute atomic E-state index is 0.504. The zero-order valence-corrected chi connectivity index (χ0v) is 44.8. The molecule has 1 unspecified atom stereocenters. The smallest absolute Gasteiger partial charge is 0.0754 e. The van der Waals surface area contributed by atoms with Crippen molar-refractivity contribution in [2.75, 3.05) is 4.90 Å². The summed E-state index contributed by atoms with van der Waals surface area (Å²) in [6, 6.07) is 114. The van der Waals surface area contributed by atoms with E-state index in [0.29, 0.717) is 0 Å². The van der Waals surface area contributed by atoms with Crippen LogP contribution in [0, 0.1) is 0 Å². The lowest BCUT2D eigenvalue weighted by molar-refractivity contribution is 0.749. The summed E-state index contributed by atoms with van der Waals surface area (Å²) < 4.78 is 2.53. The minimum atomic E-state index is -0.563. The first-order valence-electron chi connectivity index (χ1n) is 28.7. The number of benzene rings is 13. The molecule has 18 rings (SSSR count). The van der Waals surface area contributed by atoms with Crippen molar-refractivity contribution in [1.29, 1.82) is 0 Å². The third kappa shape index (κ3) is 5.87. The maximum atomic E-state index is 2.53. The topological polar surface area (TPSA) is 8.17 Å². The van der Waals surface area contributed by atoms with Crippen molar-refractivity contribution in [2.24, 2.45) is 0 Å². The maximum Gasteiger partial charge on any atom is 0.0754 e. The van der Waals surface area contributed by atoms with E-state index in [-0.39, 0.29) is 0 Å². The van der Waals surface area contributed by atoms with E-state index in [9.17, 15) is 0 Å². The molecule has 14 aromatic rings. The summed E-state index contributed by atoms with van der Waals surface area (Å²) in [6.45, 7) is 0. The molecule has 0 amide bonds. The molecule has 0 N–H and O–H groups in total. The molecule has 2 heterocycles. The van der Waals surface area contributed by atoms with Crippen molar-refractivity contribution in [1.82, 2.24) is 4.57 Å². The largest absolute Gasteiger partial charge is 0.310 e. The number of nitrogens with zero attached hydrogens (tertiary/aromatic N) is 2. The van der Waals surface area contributed by atoms with E-state index in [2.05, 4.69) is 313 Å². The van der Waals surface area contributed by atoms with Crippen LogP contribution >= 0.6 is 0 Å². The van der Waals surface area contributed by atoms with Gasteiger partial charge in [0.2, 0.25) is 0 Å². The molecule has 0 fully saturated rings. The van der Waals surface area contributed by atoms with Crippen LogP contribution in [0.25, 0.3) is 94.3 Å². The Hall–Kier alpha value is -10.5. The molecule has 82 heavy (non-hydrogen) atoms. The highest BCUT2D eigenvalue weighted by molar-refractivity contribution is 6.13. The average Bonchev–Trinajstić information content (AvgIpc) is 1.58. The summed E-state index contributed by atoms with van der Waals surface area (Å²) in [5.41, 5.74) is 31.3. The third-order valence-corrected chi connectivity index (χ3v) is 18.8. The van der Waals surface area contributed by atoms with E-state index in [0.717, 1.165) is 28.2 Å². The first kappa shape index (κ1) is 45.3. The Morgan fingerprint density at radius 1 is 0.244 bits per heavy atom. The monoisotopic (exact) mass is 1040 g/mol. The van der Waals surface area contributed by atoms with Gasteiger partial charge in [0.05, 0.1) is 33.2 Å². The Kier molecular flexibility index (Phi) is 9.39. The van der Waals surface area contributed by atoms with Gasteiger partial charge in [-0.2, -0.15) is 0 Å². The Labute approximate surface area is 476 Å². The van der Waals surface area contributed by atoms with Crippen molar-refractivity contribution >= 4 is 38.9 Å². The molecule has 0 radical (unpaired) electrons. The minimum Gasteiger partial charge on any atom is -0.310 e. The van der Waals surface area contributed by atoms with Gasteiger partial charge >= 0.3 is 0 Å². The van der Waals surface area contributed by atoms with Crippen molar-refractivity contribution in [3.8, 4) is 72.4 Å². The molecule has 0 bridgehead atoms. The Morgan fingerprint density at radius 3 is 1.39 bits per heavy atom. The fourth-order valence-electron chi connectivity index (χ4n) is 15.7. The summed E-state index contributed by atoms with van der Waals surface area (Å²) in [5.74, 6) is 0. The second kappa shape index (κ2) is 17.0. The molecule has 3 aliphatic carbocycles. The Morgan fingerprint density at radius 2 is 0.695 bits per heavy atom. The SMILES string of the molecule is c1ccc(-c2ccccc2-c2ccccc2N(c2cccc(-c3ccc4c(c3)C3(c5ccccc5-4)c4ccccc4-n4c5ccccc5c5cccc3c54)c2)c2ccc3c(c2)C2(c4ccccc4-c4ccccc42)c2ccccc2-3)cc1. The van der Waals surface area contributed by atoms with Gasteiger partial charge in [-0.1, -0.05) is 255 Å². The van der Waals surface area contributed by atoms with Crippen LogP contribution < -0.4 is 4.90 Å². The van der Waals surface area contributed by atoms with Crippen molar-refractivity contribution in [3.05, 3.63) is 348 Å². The molecule has 0 saturated carbocycles. The molecule has 1 aromatic heterocycles. The van der Waals surface area contributed by atoms with Gasteiger partial charge in [0.25, 0.3) is 0 Å². The van der Waals surface area contributed by atoms with E-state index in [4.69, 9.17) is 0 Å². The Bertz CT molecular complexity index is 4950. The predicted molar refractivity (Wildman–Crippen MR) is 339 cm³/mol. The quantitative estimate of drug-likeness (QED) is 0.161. The molecule has 13 aromatic carbocycles. The molecule has 1 atom stereocenters. The summed E-state index contributed by atoms with van der Waals surface area (Å²) in [5, 5.41) is 2.56. The third-order valence-electron chi connectivity index (χ3n) is 18.8. The van der Waals surface area contributed by atoms with Crippen LogP contribution in [0.5, 0.6) is 0 Å². The van der Waals surface area contributed by atoms with Crippen molar-refractivity contribution < 1.29 is 0 Å². The highest BCUT2D eigenvalue weighted by Gasteiger charge is 2.53. The lowest BCUT2D eigenvalue weighted by Gasteiger charge is -2.39. The van der Waals surface area contributed by atoms with Gasteiger partial charge in [-0.25, -0.2) is 0 Å². The molecular formula is C80H50N2. The second-order valence-electron chi connectivity index (χ2n) is 22.6. The summed E-state index contributed by atoms with van der Waals surface area (Å²) in [4.78, 5) is 2.53. The number of rotatable bonds is 6. The van der Waals surface area contributed by atoms with Crippen LogP contribution in [-0.2, 0) is 10.8 Å². The summed E-state index contributed by atoms with van der Waals surface area (Å²) in [7, 11) is 0. The van der Waals surface area contributed by atoms with Gasteiger partial charge in [-0.15, -0.1) is 0 Å². The molecule has 0 saturated heterocycles. The second-order valence-corrected chi connectivity index (χ2v) is 22.6. The number of fused-ring (bicyclic) bond motifs is 22. The van der Waals surface area contributed by atoms with Crippen LogP contribution in [0.1, 0.15) is 44.5 Å². The van der Waals surface area contributed by atoms with Crippen LogP contribution in [-0.4, -0.2) is 4.57 Å². The number of para-hydroxylation sites is 4. The number of aromatic nitrogens is 1. The maximum absolute atomic E-state index is 2.53. The highest BCUT2D eigenvalue weighted by Crippen LogP contribution is 2.65. The van der Waals surface area contributed by atoms with Gasteiger partial charge in [-0.05, 0) is 154 Å². The van der Waals surface area contributed by atoms with E-state index < -0.39 is 10.8 Å². The Balaban J connectivity index is 0.874. The van der Waals surface area contributed by atoms with Gasteiger partial charge < -0.3 is 9.47 Å². The van der Waals surface area contributed by atoms with Gasteiger partial charge in [0.1, 0.15) is 0 Å². The van der Waals surface area contributed by atoms with E-state index in [1.165, 1.54) is 128 Å². The van der Waals surface area contributed by atoms with Crippen LogP contribution in [0.4, 0.5) is 17.1 Å². The summed E-state index contributed by atoms with van der Waals surface area (Å²) in [6.07, 6.45) is 0. The van der Waals surface area contributed by atoms with Gasteiger partial charge in [-0.3, -0.25) is 0 Å². The lowest BCUT2D eigenvalue weighted by atomic mass is 9.65. The van der Waals surface area contributed by atoms with E-state index in [1.54, 1.807) is 0 Å².